The number of unbranched alkanes of at least 4 members (excludes halogenated alkanes) is 1. The summed E-state index contributed by atoms with van der Waals surface area (Å²) in [7, 11) is 0. The van der Waals surface area contributed by atoms with Crippen molar-refractivity contribution in [1.82, 2.24) is 0 Å². The van der Waals surface area contributed by atoms with Crippen LogP contribution in [-0.4, -0.2) is 6.61 Å². The summed E-state index contributed by atoms with van der Waals surface area (Å²) in [5, 5.41) is 8.74. The molecule has 78 valence electrons. The van der Waals surface area contributed by atoms with Gasteiger partial charge in [0.2, 0.25) is 0 Å². The zero-order valence-corrected chi connectivity index (χ0v) is 8.99. The van der Waals surface area contributed by atoms with Crippen LogP contribution < -0.4 is 4.74 Å². The Bertz CT molecular complexity index is 377. The molecule has 0 bridgehead atoms. The van der Waals surface area contributed by atoms with Crippen LogP contribution in [0.25, 0.3) is 0 Å². The number of rotatable bonds is 5. The first-order valence-corrected chi connectivity index (χ1v) is 5.02. The molecule has 0 aromatic heterocycles. The highest BCUT2D eigenvalue weighted by molar-refractivity contribution is 5.41. The quantitative estimate of drug-likeness (QED) is 0.541. The van der Waals surface area contributed by atoms with Crippen LogP contribution in [0.4, 0.5) is 0 Å². The molecule has 0 N–H and O–H groups in total. The molecule has 0 spiro atoms. The lowest BCUT2D eigenvalue weighted by molar-refractivity contribution is 0.310. The number of aryl methyl sites for hydroxylation is 1. The lowest BCUT2D eigenvalue weighted by Crippen LogP contribution is -1.98. The summed E-state index contributed by atoms with van der Waals surface area (Å²) in [6.07, 6.45) is 3.79. The van der Waals surface area contributed by atoms with Gasteiger partial charge in [-0.3, -0.25) is 0 Å². The molecule has 0 saturated carbocycles. The van der Waals surface area contributed by atoms with Crippen molar-refractivity contribution in [2.24, 2.45) is 0 Å². The second-order valence-corrected chi connectivity index (χ2v) is 3.37. The van der Waals surface area contributed by atoms with Gasteiger partial charge in [0.15, 0.2) is 0 Å². The molecule has 0 heterocycles. The molecule has 2 nitrogen and oxygen atoms in total. The molecule has 1 rings (SSSR count). The van der Waals surface area contributed by atoms with Crippen LogP contribution in [0.3, 0.4) is 0 Å². The summed E-state index contributed by atoms with van der Waals surface area (Å²) in [4.78, 5) is 0. The van der Waals surface area contributed by atoms with Gasteiger partial charge >= 0.3 is 0 Å². The number of ether oxygens (including phenoxy) is 1. The SMILES string of the molecule is C=CCCCOc1cc(C#N)ccc1C. The fourth-order valence-electron chi connectivity index (χ4n) is 1.23. The van der Waals surface area contributed by atoms with Gasteiger partial charge in [-0.05, 0) is 37.5 Å². The zero-order valence-electron chi connectivity index (χ0n) is 8.99. The van der Waals surface area contributed by atoms with Crippen LogP contribution in [0.15, 0.2) is 30.9 Å². The van der Waals surface area contributed by atoms with Crippen LogP contribution in [0, 0.1) is 18.3 Å². The van der Waals surface area contributed by atoms with Crippen LogP contribution in [0.1, 0.15) is 24.0 Å². The summed E-state index contributed by atoms with van der Waals surface area (Å²) in [6, 6.07) is 7.58. The maximum atomic E-state index is 8.74. The molecule has 0 aliphatic carbocycles. The van der Waals surface area contributed by atoms with E-state index in [1.54, 1.807) is 12.1 Å². The molecular formula is C13H15NO. The monoisotopic (exact) mass is 201 g/mol. The molecule has 1 aromatic carbocycles. The van der Waals surface area contributed by atoms with Gasteiger partial charge in [-0.25, -0.2) is 0 Å². The number of nitrogens with zero attached hydrogens (tertiary/aromatic N) is 1. The van der Waals surface area contributed by atoms with E-state index in [1.165, 1.54) is 0 Å². The highest BCUT2D eigenvalue weighted by Gasteiger charge is 2.00. The van der Waals surface area contributed by atoms with E-state index in [0.717, 1.165) is 24.2 Å². The topological polar surface area (TPSA) is 33.0 Å². The Kier molecular flexibility index (Phi) is 4.43. The van der Waals surface area contributed by atoms with E-state index in [1.807, 2.05) is 19.1 Å². The first-order valence-electron chi connectivity index (χ1n) is 5.02. The average Bonchev–Trinajstić information content (AvgIpc) is 2.26. The minimum Gasteiger partial charge on any atom is -0.493 e. The van der Waals surface area contributed by atoms with Crippen molar-refractivity contribution in [3.63, 3.8) is 0 Å². The normalized spacial score (nSPS) is 9.33. The van der Waals surface area contributed by atoms with E-state index < -0.39 is 0 Å². The largest absolute Gasteiger partial charge is 0.493 e. The minimum atomic E-state index is 0.638. The fraction of sp³-hybridized carbons (Fsp3) is 0.308. The van der Waals surface area contributed by atoms with Crippen molar-refractivity contribution >= 4 is 0 Å². The van der Waals surface area contributed by atoms with Crippen molar-refractivity contribution in [3.8, 4) is 11.8 Å². The molecule has 0 saturated heterocycles. The lowest BCUT2D eigenvalue weighted by atomic mass is 10.1. The van der Waals surface area contributed by atoms with Crippen LogP contribution in [0.5, 0.6) is 5.75 Å². The van der Waals surface area contributed by atoms with Crippen molar-refractivity contribution in [1.29, 1.82) is 5.26 Å². The number of hydrogen-bond donors (Lipinski definition) is 0. The van der Waals surface area contributed by atoms with Crippen LogP contribution in [-0.2, 0) is 0 Å². The molecule has 2 heteroatoms. The van der Waals surface area contributed by atoms with E-state index in [4.69, 9.17) is 10.00 Å². The van der Waals surface area contributed by atoms with Crippen molar-refractivity contribution < 1.29 is 4.74 Å². The minimum absolute atomic E-state index is 0.638. The predicted molar refractivity (Wildman–Crippen MR) is 60.8 cm³/mol. The molecule has 0 atom stereocenters. The summed E-state index contributed by atoms with van der Waals surface area (Å²) in [5.74, 6) is 0.804. The van der Waals surface area contributed by atoms with Gasteiger partial charge in [-0.1, -0.05) is 12.1 Å². The summed E-state index contributed by atoms with van der Waals surface area (Å²) in [6.45, 7) is 6.30. The number of nitriles is 1. The van der Waals surface area contributed by atoms with Gasteiger partial charge in [0.1, 0.15) is 5.75 Å². The Hall–Kier alpha value is -1.75. The highest BCUT2D eigenvalue weighted by atomic mass is 16.5. The predicted octanol–water partition coefficient (Wildman–Crippen LogP) is 3.21. The van der Waals surface area contributed by atoms with E-state index in [0.29, 0.717) is 12.2 Å². The standard InChI is InChI=1S/C13H15NO/c1-3-4-5-8-15-13-9-12(10-14)7-6-11(13)2/h3,6-7,9H,1,4-5,8H2,2H3. The van der Waals surface area contributed by atoms with Crippen molar-refractivity contribution in [2.45, 2.75) is 19.8 Å². The van der Waals surface area contributed by atoms with E-state index >= 15 is 0 Å². The third-order valence-electron chi connectivity index (χ3n) is 2.13. The summed E-state index contributed by atoms with van der Waals surface area (Å²) < 4.78 is 5.58. The molecular weight excluding hydrogens is 186 g/mol. The van der Waals surface area contributed by atoms with E-state index in [2.05, 4.69) is 12.6 Å². The van der Waals surface area contributed by atoms with Gasteiger partial charge in [-0.2, -0.15) is 5.26 Å². The van der Waals surface area contributed by atoms with Crippen molar-refractivity contribution in [3.05, 3.63) is 42.0 Å². The second-order valence-electron chi connectivity index (χ2n) is 3.37. The number of allylic oxidation sites excluding steroid dienone is 1. The van der Waals surface area contributed by atoms with Crippen molar-refractivity contribution in [2.75, 3.05) is 6.61 Å². The van der Waals surface area contributed by atoms with Gasteiger partial charge in [0.25, 0.3) is 0 Å². The molecule has 0 radical (unpaired) electrons. The Morgan fingerprint density at radius 3 is 3.00 bits per heavy atom. The van der Waals surface area contributed by atoms with E-state index in [9.17, 15) is 0 Å². The number of benzene rings is 1. The maximum absolute atomic E-state index is 8.74. The number of hydrogen-bond acceptors (Lipinski definition) is 2. The van der Waals surface area contributed by atoms with Gasteiger partial charge in [-0.15, -0.1) is 6.58 Å². The van der Waals surface area contributed by atoms with E-state index in [-0.39, 0.29) is 0 Å². The van der Waals surface area contributed by atoms with Gasteiger partial charge < -0.3 is 4.74 Å². The highest BCUT2D eigenvalue weighted by Crippen LogP contribution is 2.19. The summed E-state index contributed by atoms with van der Waals surface area (Å²) in [5.41, 5.74) is 1.70. The average molecular weight is 201 g/mol. The van der Waals surface area contributed by atoms with Gasteiger partial charge in [0, 0.05) is 0 Å². The fourth-order valence-corrected chi connectivity index (χ4v) is 1.23. The van der Waals surface area contributed by atoms with Gasteiger partial charge in [0.05, 0.1) is 18.2 Å². The Balaban J connectivity index is 2.59. The molecule has 0 aliphatic heterocycles. The first kappa shape index (κ1) is 11.3. The molecule has 0 amide bonds. The molecule has 1 aromatic rings. The maximum Gasteiger partial charge on any atom is 0.123 e. The lowest BCUT2D eigenvalue weighted by Gasteiger charge is -2.08. The molecule has 0 unspecified atom stereocenters. The third kappa shape index (κ3) is 3.47. The third-order valence-corrected chi connectivity index (χ3v) is 2.13. The zero-order chi connectivity index (χ0) is 11.1. The molecule has 15 heavy (non-hydrogen) atoms. The Morgan fingerprint density at radius 1 is 1.53 bits per heavy atom. The smallest absolute Gasteiger partial charge is 0.123 e. The first-order chi connectivity index (χ1) is 7.27. The van der Waals surface area contributed by atoms with Crippen LogP contribution >= 0.6 is 0 Å². The Labute approximate surface area is 90.8 Å². The summed E-state index contributed by atoms with van der Waals surface area (Å²) >= 11 is 0. The van der Waals surface area contributed by atoms with Crippen LogP contribution in [0.2, 0.25) is 0 Å². The molecule has 0 fully saturated rings. The second kappa shape index (κ2) is 5.87. The molecule has 0 aliphatic rings. The Morgan fingerprint density at radius 2 is 2.33 bits per heavy atom.